The molecule has 0 spiro atoms. The van der Waals surface area contributed by atoms with E-state index in [1.54, 1.807) is 4.72 Å². The third-order valence-electron chi connectivity index (χ3n) is 3.45. The Labute approximate surface area is 158 Å². The number of nitrogens with one attached hydrogen (secondary N) is 1. The molecular weight excluding hydrogens is 446 g/mol. The lowest BCUT2D eigenvalue weighted by molar-refractivity contribution is -0.143. The van der Waals surface area contributed by atoms with Gasteiger partial charge in [-0.15, -0.1) is 0 Å². The molecule has 2 aromatic rings. The van der Waals surface area contributed by atoms with Crippen molar-refractivity contribution in [2.45, 2.75) is 23.8 Å². The first-order valence-electron chi connectivity index (χ1n) is 7.04. The Morgan fingerprint density at radius 2 is 1.32 bits per heavy atom. The van der Waals surface area contributed by atoms with E-state index in [1.807, 2.05) is 0 Å². The molecule has 1 N–H and O–H groups in total. The largest absolute Gasteiger partial charge is 0.416 e. The van der Waals surface area contributed by atoms with Gasteiger partial charge in [-0.25, -0.2) is 21.9 Å². The van der Waals surface area contributed by atoms with Crippen LogP contribution < -0.4 is 4.72 Å². The van der Waals surface area contributed by atoms with E-state index in [0.717, 1.165) is 0 Å². The zero-order valence-electron chi connectivity index (χ0n) is 13.2. The first-order valence-corrected chi connectivity index (χ1v) is 8.90. The highest BCUT2D eigenvalue weighted by atomic mass is 35.5. The molecule has 13 heteroatoms. The van der Waals surface area contributed by atoms with Gasteiger partial charge in [0.25, 0.3) is 0 Å². The number of hydrogen-bond acceptors (Lipinski definition) is 2. The first kappa shape index (κ1) is 22.4. The summed E-state index contributed by atoms with van der Waals surface area (Å²) in [6.45, 7) is -1.01. The average Bonchev–Trinajstić information content (AvgIpc) is 2.56. The summed E-state index contributed by atoms with van der Waals surface area (Å²) in [5.74, 6) is -2.23. The fourth-order valence-corrected chi connectivity index (χ4v) is 3.35. The van der Waals surface area contributed by atoms with E-state index in [0.29, 0.717) is 12.1 Å². The third-order valence-corrected chi connectivity index (χ3v) is 5.24. The van der Waals surface area contributed by atoms with Gasteiger partial charge in [-0.2, -0.15) is 26.3 Å². The molecule has 3 nitrogen and oxygen atoms in total. The number of alkyl halides is 6. The Bertz CT molecular complexity index is 970. The summed E-state index contributed by atoms with van der Waals surface area (Å²) in [7, 11) is -4.97. The smallest absolute Gasteiger partial charge is 0.207 e. The molecule has 2 rings (SSSR count). The van der Waals surface area contributed by atoms with Gasteiger partial charge >= 0.3 is 12.4 Å². The summed E-state index contributed by atoms with van der Waals surface area (Å²) < 4.78 is 130. The number of sulfonamides is 1. The maximum absolute atomic E-state index is 13.7. The third kappa shape index (κ3) is 4.92. The van der Waals surface area contributed by atoms with Crippen LogP contribution in [0, 0.1) is 11.6 Å². The minimum atomic E-state index is -5.26. The van der Waals surface area contributed by atoms with E-state index in [-0.39, 0.29) is 18.2 Å². The molecule has 0 amide bonds. The van der Waals surface area contributed by atoms with Crippen molar-refractivity contribution in [2.24, 2.45) is 0 Å². The van der Waals surface area contributed by atoms with Gasteiger partial charge in [0.15, 0.2) is 0 Å². The zero-order valence-corrected chi connectivity index (χ0v) is 14.8. The Balaban J connectivity index is 2.47. The van der Waals surface area contributed by atoms with Crippen molar-refractivity contribution in [3.05, 3.63) is 63.7 Å². The standard InChI is InChI=1S/C15H8ClF8NO2S/c16-13-10(11(17)1-2-12(13)18)6-25-28(26,27)9-4-7(14(19,20)21)3-8(5-9)15(22,23)24/h1-5,25H,6H2. The molecule has 0 aliphatic heterocycles. The lowest BCUT2D eigenvalue weighted by Crippen LogP contribution is -2.25. The molecule has 0 aromatic heterocycles. The number of hydrogen-bond donors (Lipinski definition) is 1. The molecule has 28 heavy (non-hydrogen) atoms. The van der Waals surface area contributed by atoms with E-state index < -0.39 is 67.2 Å². The fourth-order valence-electron chi connectivity index (χ4n) is 2.06. The molecule has 0 saturated carbocycles. The van der Waals surface area contributed by atoms with Crippen molar-refractivity contribution >= 4 is 21.6 Å². The van der Waals surface area contributed by atoms with Gasteiger partial charge < -0.3 is 0 Å². The van der Waals surface area contributed by atoms with E-state index in [9.17, 15) is 43.5 Å². The van der Waals surface area contributed by atoms with Crippen LogP contribution >= 0.6 is 11.6 Å². The monoisotopic (exact) mass is 453 g/mol. The highest BCUT2D eigenvalue weighted by Gasteiger charge is 2.38. The molecule has 0 aliphatic carbocycles. The second-order valence-corrected chi connectivity index (χ2v) is 7.53. The maximum atomic E-state index is 13.7. The number of halogens is 9. The highest BCUT2D eigenvalue weighted by molar-refractivity contribution is 7.89. The summed E-state index contributed by atoms with van der Waals surface area (Å²) in [5, 5.41) is -0.789. The molecule has 2 aromatic carbocycles. The predicted molar refractivity (Wildman–Crippen MR) is 81.8 cm³/mol. The normalized spacial score (nSPS) is 13.0. The number of benzene rings is 2. The van der Waals surface area contributed by atoms with Crippen molar-refractivity contribution in [3.63, 3.8) is 0 Å². The summed E-state index contributed by atoms with van der Waals surface area (Å²) in [6, 6.07) is 0.999. The summed E-state index contributed by atoms with van der Waals surface area (Å²) >= 11 is 5.50. The fraction of sp³-hybridized carbons (Fsp3) is 0.200. The van der Waals surface area contributed by atoms with Gasteiger partial charge in [0.2, 0.25) is 10.0 Å². The molecule has 0 heterocycles. The van der Waals surface area contributed by atoms with Crippen LogP contribution in [0.2, 0.25) is 5.02 Å². The summed E-state index contributed by atoms with van der Waals surface area (Å²) in [4.78, 5) is -1.36. The van der Waals surface area contributed by atoms with E-state index >= 15 is 0 Å². The minimum Gasteiger partial charge on any atom is -0.207 e. The maximum Gasteiger partial charge on any atom is 0.416 e. The lowest BCUT2D eigenvalue weighted by Gasteiger charge is -2.15. The molecular formula is C15H8ClF8NO2S. The van der Waals surface area contributed by atoms with Crippen molar-refractivity contribution < 1.29 is 43.5 Å². The van der Waals surface area contributed by atoms with Crippen molar-refractivity contribution in [2.75, 3.05) is 0 Å². The molecule has 0 fully saturated rings. The van der Waals surface area contributed by atoms with Crippen LogP contribution in [0.25, 0.3) is 0 Å². The molecule has 0 aliphatic rings. The van der Waals surface area contributed by atoms with E-state index in [4.69, 9.17) is 11.6 Å². The van der Waals surface area contributed by atoms with Gasteiger partial charge in [-0.05, 0) is 30.3 Å². The Morgan fingerprint density at radius 1 is 0.857 bits per heavy atom. The molecule has 0 saturated heterocycles. The zero-order chi connectivity index (χ0) is 21.5. The van der Waals surface area contributed by atoms with Gasteiger partial charge in [0.1, 0.15) is 11.6 Å². The van der Waals surface area contributed by atoms with Crippen LogP contribution in [0.3, 0.4) is 0 Å². The average molecular weight is 454 g/mol. The highest BCUT2D eigenvalue weighted by Crippen LogP contribution is 2.37. The van der Waals surface area contributed by atoms with Crippen LogP contribution in [0.4, 0.5) is 35.1 Å². The summed E-state index contributed by atoms with van der Waals surface area (Å²) in [6.07, 6.45) is -10.5. The van der Waals surface area contributed by atoms with Crippen molar-refractivity contribution in [1.82, 2.24) is 4.72 Å². The van der Waals surface area contributed by atoms with Crippen LogP contribution in [-0.4, -0.2) is 8.42 Å². The second kappa shape index (κ2) is 7.48. The molecule has 0 unspecified atom stereocenters. The van der Waals surface area contributed by atoms with Crippen LogP contribution in [0.15, 0.2) is 35.2 Å². The van der Waals surface area contributed by atoms with Gasteiger partial charge in [-0.1, -0.05) is 11.6 Å². The van der Waals surface area contributed by atoms with E-state index in [2.05, 4.69) is 0 Å². The van der Waals surface area contributed by atoms with Crippen molar-refractivity contribution in [1.29, 1.82) is 0 Å². The quantitative estimate of drug-likeness (QED) is 0.515. The van der Waals surface area contributed by atoms with Crippen LogP contribution in [0.1, 0.15) is 16.7 Å². The number of rotatable bonds is 4. The van der Waals surface area contributed by atoms with Gasteiger partial charge in [-0.3, -0.25) is 0 Å². The van der Waals surface area contributed by atoms with Gasteiger partial charge in [0, 0.05) is 12.1 Å². The Kier molecular flexibility index (Phi) is 5.98. The first-order chi connectivity index (χ1) is 12.6. The Morgan fingerprint density at radius 3 is 1.79 bits per heavy atom. The van der Waals surface area contributed by atoms with Crippen LogP contribution in [0.5, 0.6) is 0 Å². The lowest BCUT2D eigenvalue weighted by atomic mass is 10.1. The molecule has 0 atom stereocenters. The SMILES string of the molecule is O=S(=O)(NCc1c(F)ccc(F)c1Cl)c1cc(C(F)(F)F)cc(C(F)(F)F)c1. The van der Waals surface area contributed by atoms with Crippen molar-refractivity contribution in [3.8, 4) is 0 Å². The minimum absolute atomic E-state index is 0.0128. The topological polar surface area (TPSA) is 46.2 Å². The van der Waals surface area contributed by atoms with E-state index in [1.165, 1.54) is 0 Å². The molecule has 0 bridgehead atoms. The predicted octanol–water partition coefficient (Wildman–Crippen LogP) is 5.13. The molecule has 154 valence electrons. The van der Waals surface area contributed by atoms with Crippen LogP contribution in [-0.2, 0) is 28.9 Å². The second-order valence-electron chi connectivity index (χ2n) is 5.39. The summed E-state index contributed by atoms with van der Waals surface area (Å²) in [5.41, 5.74) is -4.37. The van der Waals surface area contributed by atoms with Gasteiger partial charge in [0.05, 0.1) is 21.0 Å². The Hall–Kier alpha value is -1.92. The molecule has 0 radical (unpaired) electrons.